The van der Waals surface area contributed by atoms with Crippen molar-refractivity contribution in [3.8, 4) is 0 Å². The van der Waals surface area contributed by atoms with Gasteiger partial charge in [-0.1, -0.05) is 23.7 Å². The summed E-state index contributed by atoms with van der Waals surface area (Å²) in [6.45, 7) is 3.68. The van der Waals surface area contributed by atoms with Gasteiger partial charge in [0.25, 0.3) is 5.91 Å². The fourth-order valence-corrected chi connectivity index (χ4v) is 5.61. The number of aliphatic hydroxyl groups excluding tert-OH is 1. The van der Waals surface area contributed by atoms with Crippen molar-refractivity contribution >= 4 is 51.4 Å². The quantitative estimate of drug-likeness (QED) is 0.472. The van der Waals surface area contributed by atoms with Gasteiger partial charge in [-0.3, -0.25) is 9.48 Å². The number of thioether (sulfide) groups is 1. The van der Waals surface area contributed by atoms with Crippen LogP contribution in [0.2, 0.25) is 5.02 Å². The Morgan fingerprint density at radius 2 is 2.08 bits per heavy atom. The van der Waals surface area contributed by atoms with Gasteiger partial charge in [0.2, 0.25) is 0 Å². The third-order valence-electron chi connectivity index (χ3n) is 6.31. The standard InChI is InChI=1S/C25H23ClF3N5O2S/c1-14-19-8-15(9-22-23(36)31-24(37-22)33-7-6-30-18(12-33)13-35)2-5-21(19)34(32-14)11-16-3-4-17(26)10-20(16)25(27,28)29/h2-5,8-10,18,30,35H,6-7,11-13H2,1H3/t18-/m0/s1. The molecule has 2 aliphatic heterocycles. The Labute approximate surface area is 220 Å². The highest BCUT2D eigenvalue weighted by Crippen LogP contribution is 2.35. The van der Waals surface area contributed by atoms with Crippen molar-refractivity contribution in [2.45, 2.75) is 25.7 Å². The number of carbonyl (C=O) groups is 1. The third-order valence-corrected chi connectivity index (χ3v) is 7.59. The van der Waals surface area contributed by atoms with E-state index in [0.29, 0.717) is 40.9 Å². The molecule has 2 aliphatic rings. The second-order valence-electron chi connectivity index (χ2n) is 8.91. The summed E-state index contributed by atoms with van der Waals surface area (Å²) in [6.07, 6.45) is -2.78. The van der Waals surface area contributed by atoms with Gasteiger partial charge in [0.1, 0.15) is 0 Å². The lowest BCUT2D eigenvalue weighted by Gasteiger charge is -2.33. The molecule has 2 N–H and O–H groups in total. The van der Waals surface area contributed by atoms with Gasteiger partial charge in [-0.2, -0.15) is 23.3 Å². The first-order valence-corrected chi connectivity index (χ1v) is 12.8. The van der Waals surface area contributed by atoms with Gasteiger partial charge in [-0.05, 0) is 60.2 Å². The van der Waals surface area contributed by atoms with Crippen molar-refractivity contribution in [3.05, 3.63) is 68.7 Å². The van der Waals surface area contributed by atoms with Crippen LogP contribution < -0.4 is 5.32 Å². The number of aryl methyl sites for hydroxylation is 1. The van der Waals surface area contributed by atoms with E-state index in [9.17, 15) is 23.1 Å². The average molecular weight is 550 g/mol. The Morgan fingerprint density at radius 1 is 1.27 bits per heavy atom. The van der Waals surface area contributed by atoms with Gasteiger partial charge in [0, 0.05) is 36.1 Å². The van der Waals surface area contributed by atoms with Crippen LogP contribution in [0.4, 0.5) is 13.2 Å². The molecular formula is C25H23ClF3N5O2S. The molecular weight excluding hydrogens is 527 g/mol. The maximum Gasteiger partial charge on any atom is 0.416 e. The number of rotatable bonds is 4. The van der Waals surface area contributed by atoms with Gasteiger partial charge in [-0.15, -0.1) is 0 Å². The van der Waals surface area contributed by atoms with Crippen LogP contribution in [0.3, 0.4) is 0 Å². The Balaban J connectivity index is 1.39. The second kappa shape index (κ2) is 10.1. The van der Waals surface area contributed by atoms with Crippen molar-refractivity contribution in [1.82, 2.24) is 20.0 Å². The second-order valence-corrected chi connectivity index (χ2v) is 10.4. The number of benzene rings is 2. The molecule has 0 radical (unpaired) electrons. The number of alkyl halides is 3. The number of hydrogen-bond donors (Lipinski definition) is 2. The van der Waals surface area contributed by atoms with Crippen LogP contribution in [-0.4, -0.2) is 63.1 Å². The smallest absolute Gasteiger partial charge is 0.395 e. The van der Waals surface area contributed by atoms with Crippen molar-refractivity contribution in [2.75, 3.05) is 26.2 Å². The zero-order chi connectivity index (χ0) is 26.3. The van der Waals surface area contributed by atoms with Crippen LogP contribution in [0.5, 0.6) is 0 Å². The van der Waals surface area contributed by atoms with E-state index in [4.69, 9.17) is 11.6 Å². The first kappa shape index (κ1) is 25.8. The predicted octanol–water partition coefficient (Wildman–Crippen LogP) is 4.30. The minimum absolute atomic E-state index is 0.00761. The number of aromatic nitrogens is 2. The highest BCUT2D eigenvalue weighted by Gasteiger charge is 2.34. The van der Waals surface area contributed by atoms with Crippen molar-refractivity contribution in [1.29, 1.82) is 0 Å². The van der Waals surface area contributed by atoms with Crippen molar-refractivity contribution in [2.24, 2.45) is 4.99 Å². The van der Waals surface area contributed by atoms with Gasteiger partial charge >= 0.3 is 6.18 Å². The Morgan fingerprint density at radius 3 is 2.84 bits per heavy atom. The first-order valence-electron chi connectivity index (χ1n) is 11.6. The number of aliphatic imine (C=N–C) groups is 1. The molecule has 12 heteroatoms. The molecule has 1 atom stereocenters. The minimum atomic E-state index is -4.53. The normalized spacial score (nSPS) is 19.8. The summed E-state index contributed by atoms with van der Waals surface area (Å²) in [5.41, 5.74) is 1.39. The van der Waals surface area contributed by atoms with Gasteiger partial charge in [0.05, 0.1) is 34.8 Å². The third kappa shape index (κ3) is 5.40. The maximum atomic E-state index is 13.6. The summed E-state index contributed by atoms with van der Waals surface area (Å²) in [7, 11) is 0. The maximum absolute atomic E-state index is 13.6. The molecule has 1 saturated heterocycles. The highest BCUT2D eigenvalue weighted by molar-refractivity contribution is 8.18. The number of nitrogens with one attached hydrogen (secondary N) is 1. The van der Waals surface area contributed by atoms with Crippen LogP contribution in [0.15, 0.2) is 46.3 Å². The number of halogens is 4. The number of aliphatic hydroxyl groups is 1. The number of piperazine rings is 1. The fraction of sp³-hybridized carbons (Fsp3) is 0.320. The molecule has 0 spiro atoms. The summed E-state index contributed by atoms with van der Waals surface area (Å²) in [4.78, 5) is 19.2. The summed E-state index contributed by atoms with van der Waals surface area (Å²) in [6, 6.07) is 9.13. The van der Waals surface area contributed by atoms with Crippen molar-refractivity contribution in [3.63, 3.8) is 0 Å². The molecule has 0 aliphatic carbocycles. The van der Waals surface area contributed by atoms with E-state index in [1.807, 2.05) is 11.0 Å². The lowest BCUT2D eigenvalue weighted by Crippen LogP contribution is -2.53. The van der Waals surface area contributed by atoms with Crippen LogP contribution in [0.1, 0.15) is 22.4 Å². The molecule has 0 unspecified atom stereocenters. The molecule has 194 valence electrons. The van der Waals surface area contributed by atoms with E-state index >= 15 is 0 Å². The van der Waals surface area contributed by atoms with Gasteiger partial charge in [0.15, 0.2) is 5.17 Å². The SMILES string of the molecule is Cc1nn(Cc2ccc(Cl)cc2C(F)(F)F)c2ccc(C=C3SC(N4CCN[C@H](CO)C4)=NC3=O)cc12. The lowest BCUT2D eigenvalue weighted by molar-refractivity contribution is -0.138. The van der Waals surface area contributed by atoms with Crippen LogP contribution in [0.25, 0.3) is 17.0 Å². The molecule has 3 aromatic rings. The number of fused-ring (bicyclic) bond motifs is 1. The molecule has 0 bridgehead atoms. The Bertz CT molecular complexity index is 1440. The summed E-state index contributed by atoms with van der Waals surface area (Å²) in [5, 5.41) is 18.5. The van der Waals surface area contributed by atoms with E-state index in [1.54, 1.807) is 29.8 Å². The molecule has 37 heavy (non-hydrogen) atoms. The monoisotopic (exact) mass is 549 g/mol. The zero-order valence-electron chi connectivity index (χ0n) is 19.7. The van der Waals surface area contributed by atoms with E-state index in [1.165, 1.54) is 23.9 Å². The van der Waals surface area contributed by atoms with E-state index < -0.39 is 11.7 Å². The first-order chi connectivity index (χ1) is 17.6. The minimum Gasteiger partial charge on any atom is -0.395 e. The molecule has 1 fully saturated rings. The van der Waals surface area contributed by atoms with Crippen molar-refractivity contribution < 1.29 is 23.1 Å². The van der Waals surface area contributed by atoms with E-state index in [-0.39, 0.29) is 35.7 Å². The molecule has 3 heterocycles. The Kier molecular flexibility index (Phi) is 7.06. The average Bonchev–Trinajstić information content (AvgIpc) is 3.38. The van der Waals surface area contributed by atoms with Crippen LogP contribution >= 0.6 is 23.4 Å². The largest absolute Gasteiger partial charge is 0.416 e. The number of hydrogen-bond acceptors (Lipinski definition) is 6. The highest BCUT2D eigenvalue weighted by atomic mass is 35.5. The molecule has 0 saturated carbocycles. The molecule has 1 amide bonds. The van der Waals surface area contributed by atoms with Gasteiger partial charge < -0.3 is 15.3 Å². The number of amides is 1. The molecule has 2 aromatic carbocycles. The predicted molar refractivity (Wildman–Crippen MR) is 138 cm³/mol. The lowest BCUT2D eigenvalue weighted by atomic mass is 10.1. The number of nitrogens with zero attached hydrogens (tertiary/aromatic N) is 4. The fourth-order valence-electron chi connectivity index (χ4n) is 4.49. The summed E-state index contributed by atoms with van der Waals surface area (Å²) in [5.74, 6) is -0.325. The zero-order valence-corrected chi connectivity index (χ0v) is 21.3. The number of amidine groups is 1. The molecule has 7 nitrogen and oxygen atoms in total. The Hall–Kier alpha value is -2.86. The molecule has 1 aromatic heterocycles. The topological polar surface area (TPSA) is 82.8 Å². The summed E-state index contributed by atoms with van der Waals surface area (Å²) >= 11 is 7.11. The van der Waals surface area contributed by atoms with Crippen LogP contribution in [-0.2, 0) is 17.5 Å². The van der Waals surface area contributed by atoms with E-state index in [0.717, 1.165) is 17.0 Å². The van der Waals surface area contributed by atoms with E-state index in [2.05, 4.69) is 15.4 Å². The van der Waals surface area contributed by atoms with Crippen LogP contribution in [0, 0.1) is 6.92 Å². The number of carbonyl (C=O) groups excluding carboxylic acids is 1. The van der Waals surface area contributed by atoms with Gasteiger partial charge in [-0.25, -0.2) is 0 Å². The summed E-state index contributed by atoms with van der Waals surface area (Å²) < 4.78 is 42.2. The molecule has 5 rings (SSSR count).